The first kappa shape index (κ1) is 8.16. The molecule has 2 heterocycles. The van der Waals surface area contributed by atoms with Gasteiger partial charge in [0.25, 0.3) is 0 Å². The van der Waals surface area contributed by atoms with Crippen molar-refractivity contribution in [3.8, 4) is 0 Å². The molecule has 0 aromatic heterocycles. The van der Waals surface area contributed by atoms with E-state index in [4.69, 9.17) is 0 Å². The number of rotatable bonds is 0. The Labute approximate surface area is 75.9 Å². The summed E-state index contributed by atoms with van der Waals surface area (Å²) in [6.07, 6.45) is 4.28. The molecule has 0 spiro atoms. The minimum Gasteiger partial charge on any atom is -0.379 e. The third-order valence-corrected chi connectivity index (χ3v) is 2.21. The summed E-state index contributed by atoms with van der Waals surface area (Å²) in [6.45, 7) is 1.08. The second-order valence-corrected chi connectivity index (χ2v) is 3.30. The van der Waals surface area contributed by atoms with Gasteiger partial charge in [0.2, 0.25) is 18.9 Å². The van der Waals surface area contributed by atoms with Crippen LogP contribution in [0.3, 0.4) is 0 Å². The fourth-order valence-electron chi connectivity index (χ4n) is 1.62. The van der Waals surface area contributed by atoms with Crippen LogP contribution in [0.1, 0.15) is 6.42 Å². The third-order valence-electron chi connectivity index (χ3n) is 2.21. The Morgan fingerprint density at radius 2 is 2.23 bits per heavy atom. The molecule has 2 aliphatic rings. The maximum Gasteiger partial charge on any atom is 0.250 e. The maximum absolute atomic E-state index is 11.2. The van der Waals surface area contributed by atoms with E-state index < -0.39 is 0 Å². The number of carbonyl (C=O) groups is 1. The normalized spacial score (nSPS) is 22.5. The summed E-state index contributed by atoms with van der Waals surface area (Å²) >= 11 is 0. The molecule has 4 heteroatoms. The zero-order valence-corrected chi connectivity index (χ0v) is 7.25. The lowest BCUT2D eigenvalue weighted by molar-refractivity contribution is -0.529. The Morgan fingerprint density at radius 3 is 3.08 bits per heavy atom. The van der Waals surface area contributed by atoms with Gasteiger partial charge in [0.15, 0.2) is 0 Å². The minimum atomic E-state index is -0.00616. The second-order valence-electron chi connectivity index (χ2n) is 3.30. The van der Waals surface area contributed by atoms with Crippen molar-refractivity contribution >= 4 is 5.78 Å². The van der Waals surface area contributed by atoms with Crippen LogP contribution in [0, 0.1) is 4.91 Å². The zero-order valence-electron chi connectivity index (χ0n) is 7.25. The molecule has 2 rings (SSSR count). The van der Waals surface area contributed by atoms with Gasteiger partial charge >= 0.3 is 0 Å². The highest BCUT2D eigenvalue weighted by Crippen LogP contribution is 2.15. The Morgan fingerprint density at radius 1 is 1.38 bits per heavy atom. The SMILES string of the molecule is O=C1CC2=C(C[N+](=O)C1)NCC=C2. The number of hydrogen-bond donors (Lipinski definition) is 1. The number of ketones is 1. The summed E-state index contributed by atoms with van der Waals surface area (Å²) in [4.78, 5) is 22.4. The van der Waals surface area contributed by atoms with E-state index in [0.717, 1.165) is 22.6 Å². The molecule has 13 heavy (non-hydrogen) atoms. The molecular formula is C9H11N2O2+. The van der Waals surface area contributed by atoms with Crippen molar-refractivity contribution in [3.63, 3.8) is 0 Å². The lowest BCUT2D eigenvalue weighted by Gasteiger charge is -2.11. The lowest BCUT2D eigenvalue weighted by Crippen LogP contribution is -2.24. The van der Waals surface area contributed by atoms with Crippen LogP contribution in [0.15, 0.2) is 23.4 Å². The maximum atomic E-state index is 11.2. The molecule has 0 bridgehead atoms. The predicted octanol–water partition coefficient (Wildman–Crippen LogP) is 0.152. The van der Waals surface area contributed by atoms with Gasteiger partial charge in [-0.05, 0) is 5.57 Å². The van der Waals surface area contributed by atoms with Crippen molar-refractivity contribution in [2.45, 2.75) is 6.42 Å². The van der Waals surface area contributed by atoms with Crippen LogP contribution in [0.4, 0.5) is 0 Å². The van der Waals surface area contributed by atoms with Crippen LogP contribution in [0.2, 0.25) is 0 Å². The van der Waals surface area contributed by atoms with E-state index in [9.17, 15) is 9.70 Å². The van der Waals surface area contributed by atoms with Crippen molar-refractivity contribution < 1.29 is 9.55 Å². The molecule has 0 amide bonds. The number of carbonyl (C=O) groups excluding carboxylic acids is 1. The molecule has 1 N–H and O–H groups in total. The van der Waals surface area contributed by atoms with Gasteiger partial charge < -0.3 is 5.32 Å². The van der Waals surface area contributed by atoms with Crippen LogP contribution in [0.5, 0.6) is 0 Å². The number of nitrogens with zero attached hydrogens (tertiary/aromatic N) is 1. The van der Waals surface area contributed by atoms with Gasteiger partial charge in [-0.1, -0.05) is 12.2 Å². The van der Waals surface area contributed by atoms with Crippen LogP contribution in [-0.2, 0) is 4.79 Å². The van der Waals surface area contributed by atoms with E-state index in [-0.39, 0.29) is 12.3 Å². The topological polar surface area (TPSA) is 49.2 Å². The van der Waals surface area contributed by atoms with E-state index in [2.05, 4.69) is 5.32 Å². The summed E-state index contributed by atoms with van der Waals surface area (Å²) in [5.41, 5.74) is 1.87. The average Bonchev–Trinajstić information content (AvgIpc) is 2.20. The molecule has 68 valence electrons. The predicted molar refractivity (Wildman–Crippen MR) is 47.2 cm³/mol. The molecule has 2 aliphatic heterocycles. The summed E-state index contributed by atoms with van der Waals surface area (Å²) in [5, 5.41) is 3.11. The van der Waals surface area contributed by atoms with Crippen molar-refractivity contribution in [1.29, 1.82) is 0 Å². The molecular weight excluding hydrogens is 168 g/mol. The van der Waals surface area contributed by atoms with Gasteiger partial charge in [-0.3, -0.25) is 4.79 Å². The first-order valence-electron chi connectivity index (χ1n) is 4.32. The van der Waals surface area contributed by atoms with Gasteiger partial charge in [0, 0.05) is 22.6 Å². The largest absolute Gasteiger partial charge is 0.379 e. The second kappa shape index (κ2) is 3.12. The summed E-state index contributed by atoms with van der Waals surface area (Å²) in [6, 6.07) is 0. The molecule has 0 unspecified atom stereocenters. The van der Waals surface area contributed by atoms with E-state index in [1.807, 2.05) is 12.2 Å². The van der Waals surface area contributed by atoms with Gasteiger partial charge in [-0.25, -0.2) is 0 Å². The first-order chi connectivity index (χ1) is 6.25. The quantitative estimate of drug-likeness (QED) is 0.538. The Balaban J connectivity index is 2.30. The fourth-order valence-corrected chi connectivity index (χ4v) is 1.62. The Bertz CT molecular complexity index is 329. The van der Waals surface area contributed by atoms with Gasteiger partial charge in [-0.15, -0.1) is 0 Å². The molecule has 0 radical (unpaired) electrons. The van der Waals surface area contributed by atoms with Gasteiger partial charge in [0.1, 0.15) is 0 Å². The standard InChI is InChI=1S/C9H11N2O2/c12-8-4-7-2-1-3-10-9(7)6-11(13)5-8/h1-2,10H,3-6H2/q+1. The summed E-state index contributed by atoms with van der Waals surface area (Å²) < 4.78 is 0.802. The molecule has 0 aliphatic carbocycles. The van der Waals surface area contributed by atoms with E-state index in [1.165, 1.54) is 0 Å². The highest BCUT2D eigenvalue weighted by Gasteiger charge is 2.26. The highest BCUT2D eigenvalue weighted by molar-refractivity contribution is 5.83. The van der Waals surface area contributed by atoms with E-state index in [0.29, 0.717) is 13.0 Å². The first-order valence-corrected chi connectivity index (χ1v) is 4.32. The molecule has 4 nitrogen and oxygen atoms in total. The minimum absolute atomic E-state index is 0.00616. The average molecular weight is 179 g/mol. The van der Waals surface area contributed by atoms with Crippen molar-refractivity contribution in [2.75, 3.05) is 19.6 Å². The molecule has 0 aromatic rings. The van der Waals surface area contributed by atoms with Crippen LogP contribution < -0.4 is 5.32 Å². The van der Waals surface area contributed by atoms with Crippen molar-refractivity contribution in [3.05, 3.63) is 28.3 Å². The molecule has 0 aromatic carbocycles. The molecule has 0 fully saturated rings. The number of dihydropyridines is 1. The smallest absolute Gasteiger partial charge is 0.250 e. The monoisotopic (exact) mass is 179 g/mol. The van der Waals surface area contributed by atoms with Crippen LogP contribution in [0.25, 0.3) is 0 Å². The van der Waals surface area contributed by atoms with Crippen molar-refractivity contribution in [1.82, 2.24) is 5.32 Å². The number of Topliss-reactive ketones (excluding diaryl/α,β-unsaturated/α-hetero) is 1. The number of hydrogen-bond acceptors (Lipinski definition) is 3. The number of allylic oxidation sites excluding steroid dienone is 2. The van der Waals surface area contributed by atoms with Gasteiger partial charge in [-0.2, -0.15) is 0 Å². The van der Waals surface area contributed by atoms with Crippen LogP contribution >= 0.6 is 0 Å². The van der Waals surface area contributed by atoms with Crippen LogP contribution in [-0.4, -0.2) is 30.2 Å². The lowest BCUT2D eigenvalue weighted by atomic mass is 10.1. The highest BCUT2D eigenvalue weighted by atomic mass is 16.3. The Hall–Kier alpha value is -1.45. The number of nitrogens with one attached hydrogen (secondary N) is 1. The summed E-state index contributed by atoms with van der Waals surface area (Å²) in [7, 11) is 0. The molecule has 0 atom stereocenters. The third kappa shape index (κ3) is 1.66. The number of nitroso groups, excluding NO2 is 1. The molecule has 0 saturated heterocycles. The van der Waals surface area contributed by atoms with Gasteiger partial charge in [0.05, 0.1) is 5.70 Å². The summed E-state index contributed by atoms with van der Waals surface area (Å²) in [5.74, 6) is -0.00616. The Kier molecular flexibility index (Phi) is 1.96. The zero-order chi connectivity index (χ0) is 9.26. The van der Waals surface area contributed by atoms with Crippen molar-refractivity contribution in [2.24, 2.45) is 0 Å². The molecule has 0 saturated carbocycles. The van der Waals surface area contributed by atoms with E-state index >= 15 is 0 Å². The fraction of sp³-hybridized carbons (Fsp3) is 0.444. The van der Waals surface area contributed by atoms with E-state index in [1.54, 1.807) is 0 Å².